The van der Waals surface area contributed by atoms with Crippen LogP contribution in [-0.4, -0.2) is 21.7 Å². The van der Waals surface area contributed by atoms with Gasteiger partial charge in [0.25, 0.3) is 0 Å². The summed E-state index contributed by atoms with van der Waals surface area (Å²) in [6.07, 6.45) is 8.27. The Hall–Kier alpha value is -2.17. The highest BCUT2D eigenvalue weighted by Gasteiger charge is 2.29. The number of nitrogens with two attached hydrogens (primary N) is 1. The van der Waals surface area contributed by atoms with Gasteiger partial charge in [-0.1, -0.05) is 18.7 Å². The van der Waals surface area contributed by atoms with Crippen molar-refractivity contribution in [2.45, 2.75) is 31.6 Å². The third kappa shape index (κ3) is 3.46. The molecule has 1 aromatic carbocycles. The predicted molar refractivity (Wildman–Crippen MR) is 106 cm³/mol. The van der Waals surface area contributed by atoms with Gasteiger partial charge in [-0.25, -0.2) is 0 Å². The van der Waals surface area contributed by atoms with Crippen LogP contribution in [0.3, 0.4) is 0 Å². The maximum atomic E-state index is 5.58. The average molecular weight is 355 g/mol. The third-order valence-corrected chi connectivity index (χ3v) is 4.78. The van der Waals surface area contributed by atoms with E-state index in [2.05, 4.69) is 41.0 Å². The predicted octanol–water partition coefficient (Wildman–Crippen LogP) is 4.68. The van der Waals surface area contributed by atoms with Gasteiger partial charge < -0.3 is 5.73 Å². The van der Waals surface area contributed by atoms with E-state index in [0.717, 1.165) is 35.2 Å². The first-order valence-electron chi connectivity index (χ1n) is 8.58. The highest BCUT2D eigenvalue weighted by molar-refractivity contribution is 5.89. The summed E-state index contributed by atoms with van der Waals surface area (Å²) >= 11 is 0. The quantitative estimate of drug-likeness (QED) is 0.675. The zero-order valence-corrected chi connectivity index (χ0v) is 15.0. The lowest BCUT2D eigenvalue weighted by Crippen LogP contribution is -1.98. The first-order valence-corrected chi connectivity index (χ1v) is 8.58. The van der Waals surface area contributed by atoms with E-state index >= 15 is 0 Å². The molecule has 0 saturated heterocycles. The van der Waals surface area contributed by atoms with Gasteiger partial charge in [-0.3, -0.25) is 10.1 Å². The normalized spacial score (nSPS) is 13.6. The number of allylic oxidation sites excluding steroid dienone is 1. The number of hydrogen-bond acceptors (Lipinski definition) is 3. The second kappa shape index (κ2) is 7.38. The molecule has 2 heterocycles. The molecule has 0 atom stereocenters. The van der Waals surface area contributed by atoms with E-state index in [-0.39, 0.29) is 12.4 Å². The Kier molecular flexibility index (Phi) is 5.21. The lowest BCUT2D eigenvalue weighted by molar-refractivity contribution is 0.865. The van der Waals surface area contributed by atoms with Crippen molar-refractivity contribution in [2.75, 3.05) is 6.54 Å². The standard InChI is InChI=1S/C20H22N4.ClH/c1-13(3-2-10-21)15-6-8-18(22-11-15)16-7-9-19-17(12-23-24-19)20(16)14-4-5-14;/h6-9,11-12,14H,1-5,10,21H2,(H,23,24);1H. The van der Waals surface area contributed by atoms with Crippen molar-refractivity contribution >= 4 is 28.9 Å². The molecule has 4 nitrogen and oxygen atoms in total. The molecular formula is C20H23ClN4. The highest BCUT2D eigenvalue weighted by Crippen LogP contribution is 2.47. The van der Waals surface area contributed by atoms with Gasteiger partial charge in [0.05, 0.1) is 17.4 Å². The largest absolute Gasteiger partial charge is 0.330 e. The summed E-state index contributed by atoms with van der Waals surface area (Å²) in [5.74, 6) is 0.641. The minimum Gasteiger partial charge on any atom is -0.330 e. The second-order valence-corrected chi connectivity index (χ2v) is 6.56. The number of hydrogen-bond donors (Lipinski definition) is 2. The molecule has 0 bridgehead atoms. The van der Waals surface area contributed by atoms with Crippen molar-refractivity contribution in [1.82, 2.24) is 15.2 Å². The molecule has 2 aromatic heterocycles. The zero-order valence-electron chi connectivity index (χ0n) is 14.2. The SMILES string of the molecule is C=C(CCCN)c1ccc(-c2ccc3[nH]ncc3c2C2CC2)nc1.Cl. The van der Waals surface area contributed by atoms with Gasteiger partial charge in [0.1, 0.15) is 0 Å². The molecule has 25 heavy (non-hydrogen) atoms. The Morgan fingerprint density at radius 1 is 1.20 bits per heavy atom. The first-order chi connectivity index (χ1) is 11.8. The Balaban J connectivity index is 0.00000182. The van der Waals surface area contributed by atoms with Gasteiger partial charge in [0.2, 0.25) is 0 Å². The van der Waals surface area contributed by atoms with Gasteiger partial charge in [-0.05, 0) is 67.0 Å². The summed E-state index contributed by atoms with van der Waals surface area (Å²) in [6.45, 7) is 4.84. The van der Waals surface area contributed by atoms with E-state index in [1.165, 1.54) is 29.4 Å². The number of rotatable bonds is 6. The number of halogens is 1. The Morgan fingerprint density at radius 2 is 2.04 bits per heavy atom. The Labute approximate surface area is 154 Å². The lowest BCUT2D eigenvalue weighted by Gasteiger charge is -2.11. The maximum Gasteiger partial charge on any atom is 0.0705 e. The van der Waals surface area contributed by atoms with Crippen molar-refractivity contribution in [3.8, 4) is 11.3 Å². The molecule has 0 amide bonds. The summed E-state index contributed by atoms with van der Waals surface area (Å²) in [5, 5.41) is 8.51. The fourth-order valence-electron chi connectivity index (χ4n) is 3.30. The summed E-state index contributed by atoms with van der Waals surface area (Å²) in [6, 6.07) is 8.49. The molecule has 5 heteroatoms. The van der Waals surface area contributed by atoms with E-state index in [1.54, 1.807) is 0 Å². The summed E-state index contributed by atoms with van der Waals surface area (Å²) in [7, 11) is 0. The topological polar surface area (TPSA) is 67.6 Å². The number of aromatic nitrogens is 3. The third-order valence-electron chi connectivity index (χ3n) is 4.78. The van der Waals surface area contributed by atoms with Crippen LogP contribution in [-0.2, 0) is 0 Å². The zero-order chi connectivity index (χ0) is 16.5. The molecule has 1 fully saturated rings. The first kappa shape index (κ1) is 17.6. The molecule has 0 spiro atoms. The van der Waals surface area contributed by atoms with Crippen LogP contribution in [0.1, 0.15) is 42.7 Å². The minimum atomic E-state index is 0. The number of H-pyrrole nitrogens is 1. The number of aromatic amines is 1. The van der Waals surface area contributed by atoms with Crippen molar-refractivity contribution in [3.63, 3.8) is 0 Å². The van der Waals surface area contributed by atoms with Crippen LogP contribution < -0.4 is 5.73 Å². The molecule has 3 aromatic rings. The van der Waals surface area contributed by atoms with Gasteiger partial charge in [-0.15, -0.1) is 12.4 Å². The van der Waals surface area contributed by atoms with Crippen LogP contribution in [0.2, 0.25) is 0 Å². The van der Waals surface area contributed by atoms with Crippen LogP contribution in [0.25, 0.3) is 27.7 Å². The van der Waals surface area contributed by atoms with Crippen LogP contribution in [0.5, 0.6) is 0 Å². The van der Waals surface area contributed by atoms with E-state index in [0.29, 0.717) is 12.5 Å². The lowest BCUT2D eigenvalue weighted by atomic mass is 9.96. The van der Waals surface area contributed by atoms with Crippen molar-refractivity contribution in [1.29, 1.82) is 0 Å². The molecule has 130 valence electrons. The van der Waals surface area contributed by atoms with E-state index < -0.39 is 0 Å². The van der Waals surface area contributed by atoms with Gasteiger partial charge >= 0.3 is 0 Å². The highest BCUT2D eigenvalue weighted by atomic mass is 35.5. The average Bonchev–Trinajstić information content (AvgIpc) is 3.35. The van der Waals surface area contributed by atoms with Crippen molar-refractivity contribution in [3.05, 3.63) is 54.4 Å². The van der Waals surface area contributed by atoms with Crippen LogP contribution in [0, 0.1) is 0 Å². The van der Waals surface area contributed by atoms with Gasteiger partial charge in [0.15, 0.2) is 0 Å². The molecule has 0 unspecified atom stereocenters. The molecule has 1 aliphatic rings. The number of fused-ring (bicyclic) bond motifs is 1. The fraction of sp³-hybridized carbons (Fsp3) is 0.300. The minimum absolute atomic E-state index is 0. The molecule has 3 N–H and O–H groups in total. The van der Waals surface area contributed by atoms with Gasteiger partial charge in [-0.2, -0.15) is 5.10 Å². The smallest absolute Gasteiger partial charge is 0.0705 e. The molecule has 0 radical (unpaired) electrons. The Bertz CT molecular complexity index is 878. The van der Waals surface area contributed by atoms with Gasteiger partial charge in [0, 0.05) is 17.1 Å². The Morgan fingerprint density at radius 3 is 2.72 bits per heavy atom. The summed E-state index contributed by atoms with van der Waals surface area (Å²) < 4.78 is 0. The number of nitrogens with one attached hydrogen (secondary N) is 1. The maximum absolute atomic E-state index is 5.58. The monoisotopic (exact) mass is 354 g/mol. The van der Waals surface area contributed by atoms with Crippen LogP contribution in [0.4, 0.5) is 0 Å². The van der Waals surface area contributed by atoms with E-state index in [9.17, 15) is 0 Å². The fourth-order valence-corrected chi connectivity index (χ4v) is 3.30. The van der Waals surface area contributed by atoms with E-state index in [1.807, 2.05) is 12.4 Å². The van der Waals surface area contributed by atoms with Crippen LogP contribution >= 0.6 is 12.4 Å². The second-order valence-electron chi connectivity index (χ2n) is 6.56. The van der Waals surface area contributed by atoms with Crippen LogP contribution in [0.15, 0.2) is 43.2 Å². The van der Waals surface area contributed by atoms with E-state index in [4.69, 9.17) is 10.7 Å². The summed E-state index contributed by atoms with van der Waals surface area (Å²) in [4.78, 5) is 4.72. The molecule has 1 aliphatic carbocycles. The number of nitrogens with zero attached hydrogens (tertiary/aromatic N) is 2. The van der Waals surface area contributed by atoms with Crippen molar-refractivity contribution < 1.29 is 0 Å². The molecule has 0 aliphatic heterocycles. The molecule has 1 saturated carbocycles. The number of benzene rings is 1. The van der Waals surface area contributed by atoms with Crippen molar-refractivity contribution in [2.24, 2.45) is 5.73 Å². The molecule has 4 rings (SSSR count). The summed E-state index contributed by atoms with van der Waals surface area (Å²) in [5.41, 5.74) is 12.5. The molecular weight excluding hydrogens is 332 g/mol. The number of pyridine rings is 1.